The average molecular weight is 328 g/mol. The quantitative estimate of drug-likeness (QED) is 0.412. The van der Waals surface area contributed by atoms with Gasteiger partial charge < -0.3 is 9.47 Å². The minimum atomic E-state index is -3.54. The van der Waals surface area contributed by atoms with Crippen molar-refractivity contribution in [2.24, 2.45) is 17.3 Å². The number of carbonyl (C=O) groups excluding carboxylic acids is 2. The Morgan fingerprint density at radius 1 is 1.41 bits per heavy atom. The molecule has 1 spiro atoms. The van der Waals surface area contributed by atoms with Crippen LogP contribution in [0.3, 0.4) is 0 Å². The average Bonchev–Trinajstić information content (AvgIpc) is 3.01. The highest BCUT2D eigenvalue weighted by Gasteiger charge is 2.86. The molecule has 1 aliphatic heterocycles. The molecule has 5 rings (SSSR count). The molecule has 5 fully saturated rings. The first-order chi connectivity index (χ1) is 10.3. The molecule has 2 bridgehead atoms. The van der Waals surface area contributed by atoms with Crippen LogP contribution in [0.1, 0.15) is 19.8 Å². The highest BCUT2D eigenvalue weighted by molar-refractivity contribution is 7.87. The molecule has 8 heteroatoms. The SMILES string of the molecule is C=C(C)C(=O)OCC(=O)OC1C2OS(=O)(=O)C3CC4CC23C41. The topological polar surface area (TPSA) is 96.0 Å². The van der Waals surface area contributed by atoms with E-state index in [4.69, 9.17) is 13.7 Å². The van der Waals surface area contributed by atoms with Gasteiger partial charge in [-0.1, -0.05) is 6.58 Å². The Hall–Kier alpha value is -1.41. The number of esters is 2. The molecule has 1 saturated heterocycles. The number of hydrogen-bond donors (Lipinski definition) is 0. The molecule has 120 valence electrons. The Kier molecular flexibility index (Phi) is 2.65. The normalized spacial score (nSPS) is 45.2. The van der Waals surface area contributed by atoms with Crippen LogP contribution in [0.5, 0.6) is 0 Å². The molecule has 6 unspecified atom stereocenters. The van der Waals surface area contributed by atoms with E-state index in [1.54, 1.807) is 0 Å². The maximum atomic E-state index is 12.0. The molecule has 22 heavy (non-hydrogen) atoms. The molecule has 0 amide bonds. The lowest BCUT2D eigenvalue weighted by Gasteiger charge is -2.62. The van der Waals surface area contributed by atoms with Crippen molar-refractivity contribution in [2.45, 2.75) is 37.2 Å². The Morgan fingerprint density at radius 2 is 2.14 bits per heavy atom. The molecule has 0 aromatic carbocycles. The van der Waals surface area contributed by atoms with Crippen molar-refractivity contribution >= 4 is 22.1 Å². The Morgan fingerprint density at radius 3 is 2.82 bits per heavy atom. The number of hydrogen-bond acceptors (Lipinski definition) is 7. The first-order valence-corrected chi connectivity index (χ1v) is 8.69. The van der Waals surface area contributed by atoms with Crippen LogP contribution in [0, 0.1) is 17.3 Å². The summed E-state index contributed by atoms with van der Waals surface area (Å²) in [7, 11) is -3.54. The van der Waals surface area contributed by atoms with Gasteiger partial charge in [-0.2, -0.15) is 8.42 Å². The van der Waals surface area contributed by atoms with Gasteiger partial charge >= 0.3 is 11.9 Å². The number of rotatable bonds is 4. The van der Waals surface area contributed by atoms with E-state index in [2.05, 4.69) is 6.58 Å². The maximum Gasteiger partial charge on any atom is 0.344 e. The molecule has 4 aliphatic carbocycles. The van der Waals surface area contributed by atoms with Gasteiger partial charge in [0.15, 0.2) is 6.61 Å². The van der Waals surface area contributed by atoms with Crippen molar-refractivity contribution in [3.8, 4) is 0 Å². The fourth-order valence-electron chi connectivity index (χ4n) is 4.82. The lowest BCUT2D eigenvalue weighted by atomic mass is 9.44. The van der Waals surface area contributed by atoms with Gasteiger partial charge in [0, 0.05) is 16.9 Å². The van der Waals surface area contributed by atoms with Gasteiger partial charge in [0.25, 0.3) is 10.1 Å². The van der Waals surface area contributed by atoms with E-state index in [9.17, 15) is 18.0 Å². The summed E-state index contributed by atoms with van der Waals surface area (Å²) >= 11 is 0. The summed E-state index contributed by atoms with van der Waals surface area (Å²) in [6.45, 7) is 4.39. The minimum absolute atomic E-state index is 0.0700. The smallest absolute Gasteiger partial charge is 0.344 e. The van der Waals surface area contributed by atoms with Crippen LogP contribution in [-0.4, -0.2) is 44.4 Å². The highest BCUT2D eigenvalue weighted by atomic mass is 32.2. The zero-order valence-corrected chi connectivity index (χ0v) is 12.8. The fraction of sp³-hybridized carbons (Fsp3) is 0.714. The summed E-state index contributed by atoms with van der Waals surface area (Å²) in [5.41, 5.74) is -0.136. The lowest BCUT2D eigenvalue weighted by Crippen LogP contribution is -2.71. The van der Waals surface area contributed by atoms with Crippen LogP contribution < -0.4 is 0 Å². The molecule has 0 aromatic rings. The van der Waals surface area contributed by atoms with Crippen LogP contribution >= 0.6 is 0 Å². The summed E-state index contributed by atoms with van der Waals surface area (Å²) in [6.07, 6.45) is 0.330. The standard InChI is InChI=1S/C14H16O7S/c1-6(2)13(16)19-5-9(15)20-11-10-7-3-8-14(10,4-7)12(11)21-22(8,17)18/h7-8,10-12H,1,3-5H2,2H3. The molecule has 7 nitrogen and oxygen atoms in total. The minimum Gasteiger partial charge on any atom is -0.457 e. The first kappa shape index (κ1) is 14.2. The van der Waals surface area contributed by atoms with E-state index in [1.807, 2.05) is 0 Å². The summed E-state index contributed by atoms with van der Waals surface area (Å²) in [5, 5.41) is -0.434. The van der Waals surface area contributed by atoms with Crippen LogP contribution in [0.2, 0.25) is 0 Å². The molecule has 1 heterocycles. The predicted octanol–water partition coefficient (Wildman–Crippen LogP) is 0.155. The first-order valence-electron chi connectivity index (χ1n) is 7.21. The van der Waals surface area contributed by atoms with E-state index in [1.165, 1.54) is 6.92 Å². The van der Waals surface area contributed by atoms with Gasteiger partial charge in [-0.25, -0.2) is 9.59 Å². The molecular weight excluding hydrogens is 312 g/mol. The van der Waals surface area contributed by atoms with E-state index in [0.717, 1.165) is 6.42 Å². The summed E-state index contributed by atoms with van der Waals surface area (Å²) in [4.78, 5) is 23.0. The molecule has 4 saturated carbocycles. The predicted molar refractivity (Wildman–Crippen MR) is 71.9 cm³/mol. The van der Waals surface area contributed by atoms with Crippen molar-refractivity contribution < 1.29 is 31.7 Å². The summed E-state index contributed by atoms with van der Waals surface area (Å²) in [6, 6.07) is 0. The second-order valence-corrected chi connectivity index (χ2v) is 8.39. The molecule has 0 radical (unpaired) electrons. The lowest BCUT2D eigenvalue weighted by molar-refractivity contribution is -0.254. The molecule has 6 atom stereocenters. The molecular formula is C14H16O7S. The van der Waals surface area contributed by atoms with E-state index >= 15 is 0 Å². The third-order valence-corrected chi connectivity index (χ3v) is 7.37. The van der Waals surface area contributed by atoms with Gasteiger partial charge in [0.2, 0.25) is 0 Å². The van der Waals surface area contributed by atoms with Gasteiger partial charge in [-0.05, 0) is 25.7 Å². The second kappa shape index (κ2) is 4.11. The van der Waals surface area contributed by atoms with Crippen LogP contribution in [0.15, 0.2) is 12.2 Å². The Bertz CT molecular complexity index is 696. The van der Waals surface area contributed by atoms with Gasteiger partial charge in [0.1, 0.15) is 12.2 Å². The number of ether oxygens (including phenoxy) is 2. The largest absolute Gasteiger partial charge is 0.457 e. The molecule has 0 N–H and O–H groups in total. The van der Waals surface area contributed by atoms with Gasteiger partial charge in [-0.15, -0.1) is 0 Å². The third kappa shape index (κ3) is 1.52. The van der Waals surface area contributed by atoms with Crippen LogP contribution in [-0.2, 0) is 33.4 Å². The summed E-state index contributed by atoms with van der Waals surface area (Å²) in [5.74, 6) is -0.994. The number of carbonyl (C=O) groups is 2. The van der Waals surface area contributed by atoms with Crippen LogP contribution in [0.25, 0.3) is 0 Å². The molecule has 0 aromatic heterocycles. The summed E-state index contributed by atoms with van der Waals surface area (Å²) < 4.78 is 39.2. The maximum absolute atomic E-state index is 12.0. The monoisotopic (exact) mass is 328 g/mol. The van der Waals surface area contributed by atoms with Gasteiger partial charge in [0.05, 0.1) is 5.25 Å². The van der Waals surface area contributed by atoms with Crippen molar-refractivity contribution in [3.63, 3.8) is 0 Å². The van der Waals surface area contributed by atoms with Crippen molar-refractivity contribution in [3.05, 3.63) is 12.2 Å². The zero-order valence-electron chi connectivity index (χ0n) is 12.0. The van der Waals surface area contributed by atoms with Crippen molar-refractivity contribution in [2.75, 3.05) is 6.61 Å². The Labute approximate surface area is 127 Å². The highest BCUT2D eigenvalue weighted by Crippen LogP contribution is 2.79. The van der Waals surface area contributed by atoms with Crippen molar-refractivity contribution in [1.82, 2.24) is 0 Å². The van der Waals surface area contributed by atoms with Crippen molar-refractivity contribution in [1.29, 1.82) is 0 Å². The Balaban J connectivity index is 1.41. The second-order valence-electron chi connectivity index (χ2n) is 6.65. The fourth-order valence-corrected chi connectivity index (χ4v) is 6.94. The van der Waals surface area contributed by atoms with E-state index in [-0.39, 0.29) is 22.8 Å². The zero-order chi connectivity index (χ0) is 15.9. The third-order valence-electron chi connectivity index (χ3n) is 5.57. The van der Waals surface area contributed by atoms with Crippen LogP contribution in [0.4, 0.5) is 0 Å². The van der Waals surface area contributed by atoms with E-state index < -0.39 is 46.1 Å². The van der Waals surface area contributed by atoms with Gasteiger partial charge in [-0.3, -0.25) is 4.18 Å². The molecule has 5 aliphatic rings. The van der Waals surface area contributed by atoms with E-state index in [0.29, 0.717) is 6.42 Å².